The zero-order valence-electron chi connectivity index (χ0n) is 17.2. The molecule has 1 saturated heterocycles. The summed E-state index contributed by atoms with van der Waals surface area (Å²) in [5.74, 6) is 0.208. The number of amides is 2. The first kappa shape index (κ1) is 22.5. The number of nitrogens with zero attached hydrogens (tertiary/aromatic N) is 2. The molecule has 4 nitrogen and oxygen atoms in total. The maximum absolute atomic E-state index is 13.3. The van der Waals surface area contributed by atoms with Gasteiger partial charge >= 0.3 is 0 Å². The van der Waals surface area contributed by atoms with E-state index in [4.69, 9.17) is 12.2 Å². The highest BCUT2D eigenvalue weighted by atomic mass is 79.9. The van der Waals surface area contributed by atoms with Gasteiger partial charge in [0.2, 0.25) is 0 Å². The summed E-state index contributed by atoms with van der Waals surface area (Å²) in [6.45, 7) is 7.65. The number of carbonyl (C=O) groups is 2. The van der Waals surface area contributed by atoms with E-state index in [0.29, 0.717) is 33.8 Å². The zero-order chi connectivity index (χ0) is 21.1. The minimum atomic E-state index is -0.123. The van der Waals surface area contributed by atoms with Crippen LogP contribution in [0.25, 0.3) is 5.57 Å². The number of anilines is 1. The van der Waals surface area contributed by atoms with Crippen LogP contribution in [0.2, 0.25) is 0 Å². The molecular weight excluding hydrogens is 468 g/mol. The summed E-state index contributed by atoms with van der Waals surface area (Å²) in [4.78, 5) is 30.5. The van der Waals surface area contributed by atoms with Gasteiger partial charge in [-0.3, -0.25) is 14.5 Å². The Labute approximate surface area is 191 Å². The van der Waals surface area contributed by atoms with E-state index in [0.717, 1.165) is 47.8 Å². The van der Waals surface area contributed by atoms with Gasteiger partial charge < -0.3 is 4.90 Å². The summed E-state index contributed by atoms with van der Waals surface area (Å²) in [7, 11) is 0. The minimum Gasteiger partial charge on any atom is -0.308 e. The van der Waals surface area contributed by atoms with Gasteiger partial charge in [-0.25, -0.2) is 0 Å². The highest BCUT2D eigenvalue weighted by Gasteiger charge is 2.42. The molecule has 2 aliphatic heterocycles. The molecular formula is C22H27BrN2O2S2. The molecule has 0 N–H and O–H groups in total. The first-order valence-electron chi connectivity index (χ1n) is 10.3. The highest BCUT2D eigenvalue weighted by molar-refractivity contribution is 9.10. The lowest BCUT2D eigenvalue weighted by Crippen LogP contribution is -2.33. The van der Waals surface area contributed by atoms with Gasteiger partial charge in [0, 0.05) is 23.1 Å². The average molecular weight is 496 g/mol. The number of carbonyl (C=O) groups excluding carboxylic acids is 2. The van der Waals surface area contributed by atoms with Crippen LogP contribution in [0.15, 0.2) is 27.6 Å². The van der Waals surface area contributed by atoms with E-state index in [1.807, 2.05) is 25.1 Å². The van der Waals surface area contributed by atoms with Gasteiger partial charge in [-0.15, -0.1) is 0 Å². The Morgan fingerprint density at radius 3 is 2.52 bits per heavy atom. The van der Waals surface area contributed by atoms with E-state index >= 15 is 0 Å². The number of halogens is 1. The highest BCUT2D eigenvalue weighted by Crippen LogP contribution is 2.45. The molecule has 2 amide bonds. The number of unbranched alkanes of at least 4 members (excludes halogenated alkanes) is 1. The van der Waals surface area contributed by atoms with Crippen molar-refractivity contribution >= 4 is 67.3 Å². The van der Waals surface area contributed by atoms with Crippen LogP contribution < -0.4 is 4.90 Å². The molecule has 1 unspecified atom stereocenters. The van der Waals surface area contributed by atoms with Gasteiger partial charge in [-0.1, -0.05) is 79.9 Å². The van der Waals surface area contributed by atoms with Crippen LogP contribution in [0.5, 0.6) is 0 Å². The lowest BCUT2D eigenvalue weighted by atomic mass is 9.98. The summed E-state index contributed by atoms with van der Waals surface area (Å²) in [5, 5.41) is 0. The molecule has 1 aromatic rings. The predicted octanol–water partition coefficient (Wildman–Crippen LogP) is 5.99. The first-order chi connectivity index (χ1) is 13.9. The minimum absolute atomic E-state index is 0.0986. The molecule has 1 aromatic carbocycles. The zero-order valence-corrected chi connectivity index (χ0v) is 20.4. The number of benzene rings is 1. The first-order valence-corrected chi connectivity index (χ1v) is 12.3. The van der Waals surface area contributed by atoms with Crippen LogP contribution >= 0.6 is 39.9 Å². The largest absolute Gasteiger partial charge is 0.308 e. The molecule has 2 heterocycles. The number of rotatable bonds is 8. The van der Waals surface area contributed by atoms with Crippen molar-refractivity contribution in [3.8, 4) is 0 Å². The summed E-state index contributed by atoms with van der Waals surface area (Å²) in [5.41, 5.74) is 2.18. The lowest BCUT2D eigenvalue weighted by molar-refractivity contribution is -0.123. The summed E-state index contributed by atoms with van der Waals surface area (Å²) in [6.07, 6.45) is 5.26. The number of hydrogen-bond acceptors (Lipinski definition) is 4. The van der Waals surface area contributed by atoms with Gasteiger partial charge in [0.25, 0.3) is 11.8 Å². The van der Waals surface area contributed by atoms with Crippen LogP contribution in [0, 0.1) is 5.92 Å². The van der Waals surface area contributed by atoms with Gasteiger partial charge in [-0.2, -0.15) is 0 Å². The van der Waals surface area contributed by atoms with Crippen LogP contribution in [-0.2, 0) is 9.59 Å². The fourth-order valence-electron chi connectivity index (χ4n) is 3.85. The SMILES string of the molecule is CCCCC(CC)CN1C(=O)C(=C2C(=O)N(CCC)c3ccc(Br)cc32)SC1=S. The molecule has 2 aliphatic rings. The molecule has 0 aromatic heterocycles. The smallest absolute Gasteiger partial charge is 0.267 e. The molecule has 0 saturated carbocycles. The summed E-state index contributed by atoms with van der Waals surface area (Å²) >= 11 is 10.3. The summed E-state index contributed by atoms with van der Waals surface area (Å²) in [6, 6.07) is 5.81. The van der Waals surface area contributed by atoms with E-state index in [1.54, 1.807) is 9.80 Å². The van der Waals surface area contributed by atoms with Crippen LogP contribution in [0.3, 0.4) is 0 Å². The van der Waals surface area contributed by atoms with Crippen molar-refractivity contribution < 1.29 is 9.59 Å². The van der Waals surface area contributed by atoms with E-state index in [1.165, 1.54) is 11.8 Å². The van der Waals surface area contributed by atoms with E-state index in [-0.39, 0.29) is 11.8 Å². The Kier molecular flexibility index (Phi) is 7.57. The topological polar surface area (TPSA) is 40.6 Å². The standard InChI is InChI=1S/C22H27BrN2O2S2/c1-4-7-8-14(6-3)13-25-21(27)19(29-22(25)28)18-16-12-15(23)9-10-17(16)24(11-5-2)20(18)26/h9-10,12,14H,4-8,11,13H2,1-3H3. The molecule has 1 atom stereocenters. The van der Waals surface area contributed by atoms with Crippen LogP contribution in [-0.4, -0.2) is 34.1 Å². The van der Waals surface area contributed by atoms with Crippen molar-refractivity contribution in [1.29, 1.82) is 0 Å². The van der Waals surface area contributed by atoms with Gasteiger partial charge in [0.15, 0.2) is 0 Å². The fourth-order valence-corrected chi connectivity index (χ4v) is 5.56. The maximum Gasteiger partial charge on any atom is 0.267 e. The summed E-state index contributed by atoms with van der Waals surface area (Å²) < 4.78 is 1.45. The Balaban J connectivity index is 1.97. The third-order valence-electron chi connectivity index (χ3n) is 5.49. The third kappa shape index (κ3) is 4.47. The van der Waals surface area contributed by atoms with Crippen LogP contribution in [0.1, 0.15) is 58.4 Å². The van der Waals surface area contributed by atoms with E-state index in [9.17, 15) is 9.59 Å². The van der Waals surface area contributed by atoms with Gasteiger partial charge in [0.05, 0.1) is 16.2 Å². The second-order valence-corrected chi connectivity index (χ2v) is 10.1. The Bertz CT molecular complexity index is 868. The van der Waals surface area contributed by atoms with Crippen molar-refractivity contribution in [3.63, 3.8) is 0 Å². The Hall–Kier alpha value is -1.18. The number of hydrogen-bond donors (Lipinski definition) is 0. The quantitative estimate of drug-likeness (QED) is 0.328. The monoisotopic (exact) mass is 494 g/mol. The van der Waals surface area contributed by atoms with E-state index in [2.05, 4.69) is 29.8 Å². The van der Waals surface area contributed by atoms with Gasteiger partial charge in [0.1, 0.15) is 4.32 Å². The van der Waals surface area contributed by atoms with E-state index < -0.39 is 0 Å². The van der Waals surface area contributed by atoms with Crippen LogP contribution in [0.4, 0.5) is 5.69 Å². The van der Waals surface area contributed by atoms with Crippen molar-refractivity contribution in [2.24, 2.45) is 5.92 Å². The molecule has 0 aliphatic carbocycles. The molecule has 156 valence electrons. The number of thioether (sulfide) groups is 1. The normalized spacial score (nSPS) is 20.1. The average Bonchev–Trinajstić information content (AvgIpc) is 3.12. The second kappa shape index (κ2) is 9.75. The van der Waals surface area contributed by atoms with Crippen molar-refractivity contribution in [3.05, 3.63) is 33.1 Å². The molecule has 0 bridgehead atoms. The van der Waals surface area contributed by atoms with Crippen molar-refractivity contribution in [1.82, 2.24) is 4.90 Å². The number of fused-ring (bicyclic) bond motifs is 1. The molecule has 29 heavy (non-hydrogen) atoms. The van der Waals surface area contributed by atoms with Gasteiger partial charge in [-0.05, 0) is 37.0 Å². The Morgan fingerprint density at radius 2 is 1.86 bits per heavy atom. The fraction of sp³-hybridized carbons (Fsp3) is 0.500. The van der Waals surface area contributed by atoms with Crippen molar-refractivity contribution in [2.45, 2.75) is 52.9 Å². The third-order valence-corrected chi connectivity index (χ3v) is 7.43. The molecule has 7 heteroatoms. The van der Waals surface area contributed by atoms with Crippen molar-refractivity contribution in [2.75, 3.05) is 18.0 Å². The molecule has 0 spiro atoms. The predicted molar refractivity (Wildman–Crippen MR) is 129 cm³/mol. The molecule has 1 fully saturated rings. The lowest BCUT2D eigenvalue weighted by Gasteiger charge is -2.21. The Morgan fingerprint density at radius 1 is 1.10 bits per heavy atom. The maximum atomic E-state index is 13.3. The molecule has 0 radical (unpaired) electrons. The second-order valence-electron chi connectivity index (χ2n) is 7.52. The number of thiocarbonyl (C=S) groups is 1. The molecule has 3 rings (SSSR count).